The van der Waals surface area contributed by atoms with E-state index in [1.807, 2.05) is 19.5 Å². The van der Waals surface area contributed by atoms with Gasteiger partial charge in [-0.25, -0.2) is 4.98 Å². The van der Waals surface area contributed by atoms with Crippen LogP contribution in [-0.2, 0) is 6.54 Å². The van der Waals surface area contributed by atoms with Crippen molar-refractivity contribution in [1.82, 2.24) is 14.5 Å². The molecule has 2 heterocycles. The van der Waals surface area contributed by atoms with Gasteiger partial charge in [-0.1, -0.05) is 38.1 Å². The third-order valence-corrected chi connectivity index (χ3v) is 5.34. The number of rotatable bonds is 6. The van der Waals surface area contributed by atoms with Gasteiger partial charge in [-0.15, -0.1) is 11.3 Å². The molecule has 2 aromatic heterocycles. The Hall–Kier alpha value is -1.98. The maximum absolute atomic E-state index is 13.0. The molecule has 0 amide bonds. The van der Waals surface area contributed by atoms with E-state index in [2.05, 4.69) is 48.0 Å². The molecule has 0 saturated heterocycles. The lowest BCUT2D eigenvalue weighted by Crippen LogP contribution is -2.23. The van der Waals surface area contributed by atoms with Crippen molar-refractivity contribution >= 4 is 21.6 Å². The summed E-state index contributed by atoms with van der Waals surface area (Å²) in [5.41, 5.74) is 3.45. The second kappa shape index (κ2) is 7.50. The molecule has 1 aromatic carbocycles. The van der Waals surface area contributed by atoms with Gasteiger partial charge in [-0.05, 0) is 44.1 Å². The van der Waals surface area contributed by atoms with E-state index < -0.39 is 0 Å². The van der Waals surface area contributed by atoms with Crippen LogP contribution in [0.4, 0.5) is 0 Å². The van der Waals surface area contributed by atoms with E-state index in [4.69, 9.17) is 0 Å². The molecule has 5 heteroatoms. The molecule has 3 rings (SSSR count). The lowest BCUT2D eigenvalue weighted by molar-refractivity contribution is 0.384. The molecule has 0 fully saturated rings. The number of fused-ring (bicyclic) bond motifs is 1. The van der Waals surface area contributed by atoms with Crippen LogP contribution in [0.15, 0.2) is 40.8 Å². The van der Waals surface area contributed by atoms with Gasteiger partial charge in [0.15, 0.2) is 0 Å². The third-order valence-electron chi connectivity index (χ3n) is 4.45. The van der Waals surface area contributed by atoms with Gasteiger partial charge in [0.05, 0.1) is 11.7 Å². The minimum Gasteiger partial charge on any atom is -0.309 e. The lowest BCUT2D eigenvalue weighted by atomic mass is 9.99. The van der Waals surface area contributed by atoms with E-state index in [1.165, 1.54) is 16.9 Å². The van der Waals surface area contributed by atoms with Gasteiger partial charge in [0.2, 0.25) is 0 Å². The maximum Gasteiger partial charge on any atom is 0.262 e. The number of thiophene rings is 1. The van der Waals surface area contributed by atoms with Gasteiger partial charge in [0.25, 0.3) is 5.56 Å². The van der Waals surface area contributed by atoms with Crippen molar-refractivity contribution in [3.63, 3.8) is 0 Å². The van der Waals surface area contributed by atoms with E-state index in [0.717, 1.165) is 34.3 Å². The Balaban J connectivity index is 1.97. The van der Waals surface area contributed by atoms with Crippen molar-refractivity contribution in [1.29, 1.82) is 0 Å². The van der Waals surface area contributed by atoms with Crippen LogP contribution in [0.5, 0.6) is 0 Å². The van der Waals surface area contributed by atoms with Gasteiger partial charge in [0, 0.05) is 17.5 Å². The zero-order valence-corrected chi connectivity index (χ0v) is 16.1. The Kier molecular flexibility index (Phi) is 5.35. The van der Waals surface area contributed by atoms with Crippen LogP contribution in [0.3, 0.4) is 0 Å². The van der Waals surface area contributed by atoms with Crippen LogP contribution in [-0.4, -0.2) is 35.1 Å². The van der Waals surface area contributed by atoms with Gasteiger partial charge >= 0.3 is 0 Å². The van der Waals surface area contributed by atoms with Crippen molar-refractivity contribution in [2.75, 3.05) is 20.6 Å². The lowest BCUT2D eigenvalue weighted by Gasteiger charge is -2.10. The Bertz CT molecular complexity index is 907. The molecular formula is C20H25N3OS. The van der Waals surface area contributed by atoms with E-state index in [9.17, 15) is 4.79 Å². The first kappa shape index (κ1) is 17.8. The summed E-state index contributed by atoms with van der Waals surface area (Å²) in [6.07, 6.45) is 2.62. The molecule has 0 aliphatic heterocycles. The highest BCUT2D eigenvalue weighted by Crippen LogP contribution is 2.31. The highest BCUT2D eigenvalue weighted by molar-refractivity contribution is 7.17. The second-order valence-electron chi connectivity index (χ2n) is 7.01. The summed E-state index contributed by atoms with van der Waals surface area (Å²) >= 11 is 1.54. The van der Waals surface area contributed by atoms with Gasteiger partial charge in [-0.3, -0.25) is 9.36 Å². The SMILES string of the molecule is CC(C)c1ccc(-c2csc3ncn(CCCN(C)C)c(=O)c23)cc1. The Morgan fingerprint density at radius 2 is 1.92 bits per heavy atom. The number of benzene rings is 1. The average Bonchev–Trinajstić information content (AvgIpc) is 3.01. The molecule has 0 aliphatic rings. The monoisotopic (exact) mass is 355 g/mol. The Labute approximate surface area is 152 Å². The van der Waals surface area contributed by atoms with Crippen molar-refractivity contribution < 1.29 is 0 Å². The summed E-state index contributed by atoms with van der Waals surface area (Å²) in [5.74, 6) is 0.504. The molecule has 0 bridgehead atoms. The predicted octanol–water partition coefficient (Wildman–Crippen LogP) is 4.20. The summed E-state index contributed by atoms with van der Waals surface area (Å²) in [6.45, 7) is 6.02. The molecule has 25 heavy (non-hydrogen) atoms. The van der Waals surface area contributed by atoms with Crippen LogP contribution in [0, 0.1) is 0 Å². The Morgan fingerprint density at radius 1 is 1.20 bits per heavy atom. The topological polar surface area (TPSA) is 38.1 Å². The molecule has 0 atom stereocenters. The molecule has 0 aliphatic carbocycles. The molecule has 0 radical (unpaired) electrons. The quantitative estimate of drug-likeness (QED) is 0.665. The fourth-order valence-electron chi connectivity index (χ4n) is 2.94. The summed E-state index contributed by atoms with van der Waals surface area (Å²) in [6, 6.07) is 8.52. The van der Waals surface area contributed by atoms with Crippen molar-refractivity contribution in [2.45, 2.75) is 32.7 Å². The zero-order chi connectivity index (χ0) is 18.0. The summed E-state index contributed by atoms with van der Waals surface area (Å²) in [7, 11) is 4.09. The first-order chi connectivity index (χ1) is 12.0. The number of aromatic nitrogens is 2. The third kappa shape index (κ3) is 3.83. The average molecular weight is 356 g/mol. The normalized spacial score (nSPS) is 11.8. The van der Waals surface area contributed by atoms with Crippen LogP contribution >= 0.6 is 11.3 Å². The molecule has 0 spiro atoms. The molecule has 0 saturated carbocycles. The number of nitrogens with zero attached hydrogens (tertiary/aromatic N) is 3. The standard InChI is InChI=1S/C20H25N3OS/c1-14(2)15-6-8-16(9-7-15)17-12-25-19-18(17)20(24)23(13-21-19)11-5-10-22(3)4/h6-9,12-14H,5,10-11H2,1-4H3. The first-order valence-corrected chi connectivity index (χ1v) is 9.57. The Morgan fingerprint density at radius 3 is 2.56 bits per heavy atom. The van der Waals surface area contributed by atoms with Gasteiger partial charge < -0.3 is 4.90 Å². The van der Waals surface area contributed by atoms with Crippen LogP contribution in [0.25, 0.3) is 21.3 Å². The van der Waals surface area contributed by atoms with Crippen molar-refractivity contribution in [3.05, 3.63) is 51.9 Å². The smallest absolute Gasteiger partial charge is 0.262 e. The molecule has 0 unspecified atom stereocenters. The van der Waals surface area contributed by atoms with Crippen LogP contribution in [0.2, 0.25) is 0 Å². The fourth-order valence-corrected chi connectivity index (χ4v) is 3.85. The van der Waals surface area contributed by atoms with E-state index in [-0.39, 0.29) is 5.56 Å². The minimum absolute atomic E-state index is 0.0629. The van der Waals surface area contributed by atoms with E-state index in [0.29, 0.717) is 12.5 Å². The summed E-state index contributed by atoms with van der Waals surface area (Å²) in [5, 5.41) is 2.79. The highest BCUT2D eigenvalue weighted by Gasteiger charge is 2.13. The molecule has 3 aromatic rings. The predicted molar refractivity (Wildman–Crippen MR) is 107 cm³/mol. The van der Waals surface area contributed by atoms with E-state index in [1.54, 1.807) is 10.9 Å². The molecular weight excluding hydrogens is 330 g/mol. The maximum atomic E-state index is 13.0. The summed E-state index contributed by atoms with van der Waals surface area (Å²) in [4.78, 5) is 20.4. The van der Waals surface area contributed by atoms with Crippen molar-refractivity contribution in [2.24, 2.45) is 0 Å². The number of hydrogen-bond acceptors (Lipinski definition) is 4. The zero-order valence-electron chi connectivity index (χ0n) is 15.3. The second-order valence-corrected chi connectivity index (χ2v) is 7.86. The fraction of sp³-hybridized carbons (Fsp3) is 0.400. The van der Waals surface area contributed by atoms with Gasteiger partial charge in [-0.2, -0.15) is 0 Å². The molecule has 132 valence electrons. The molecule has 0 N–H and O–H groups in total. The van der Waals surface area contributed by atoms with Crippen LogP contribution < -0.4 is 5.56 Å². The first-order valence-electron chi connectivity index (χ1n) is 8.69. The van der Waals surface area contributed by atoms with E-state index >= 15 is 0 Å². The largest absolute Gasteiger partial charge is 0.309 e. The van der Waals surface area contributed by atoms with Crippen LogP contribution in [0.1, 0.15) is 31.7 Å². The minimum atomic E-state index is 0.0629. The molecule has 4 nitrogen and oxygen atoms in total. The number of hydrogen-bond donors (Lipinski definition) is 0. The number of aryl methyl sites for hydroxylation is 1. The highest BCUT2D eigenvalue weighted by atomic mass is 32.1. The van der Waals surface area contributed by atoms with Gasteiger partial charge in [0.1, 0.15) is 4.83 Å². The van der Waals surface area contributed by atoms with Crippen molar-refractivity contribution in [3.8, 4) is 11.1 Å². The summed E-state index contributed by atoms with van der Waals surface area (Å²) < 4.78 is 1.74.